The fraction of sp³-hybridized carbons (Fsp3) is 0.750. The second kappa shape index (κ2) is 6.79. The molecule has 0 radical (unpaired) electrons. The van der Waals surface area contributed by atoms with Crippen LogP contribution in [0.15, 0.2) is 0 Å². The number of aryl methyl sites for hydroxylation is 1. The topological polar surface area (TPSA) is 50.6 Å². The van der Waals surface area contributed by atoms with E-state index in [9.17, 15) is 4.79 Å². The lowest BCUT2D eigenvalue weighted by Gasteiger charge is -2.34. The lowest BCUT2D eigenvalue weighted by atomic mass is 10.0. The van der Waals surface area contributed by atoms with Crippen molar-refractivity contribution in [1.29, 1.82) is 0 Å². The van der Waals surface area contributed by atoms with Crippen LogP contribution in [0.2, 0.25) is 5.02 Å². The molecule has 2 saturated heterocycles. The number of likely N-dealkylation sites (tertiary alicyclic amines) is 1. The summed E-state index contributed by atoms with van der Waals surface area (Å²) in [4.78, 5) is 17.1. The minimum absolute atomic E-state index is 0.120. The summed E-state index contributed by atoms with van der Waals surface area (Å²) in [6, 6.07) is 0.437. The normalized spacial score (nSPS) is 26.0. The second-order valence-corrected chi connectivity index (χ2v) is 7.01. The number of hydrogen-bond donors (Lipinski definition) is 0. The Bertz CT molecular complexity index is 583. The molecule has 0 saturated carbocycles. The number of aromatic nitrogens is 2. The summed E-state index contributed by atoms with van der Waals surface area (Å²) >= 11 is 6.16. The maximum atomic E-state index is 12.6. The number of amides is 1. The molecule has 2 atom stereocenters. The highest BCUT2D eigenvalue weighted by atomic mass is 35.5. The van der Waals surface area contributed by atoms with E-state index in [4.69, 9.17) is 16.3 Å². The van der Waals surface area contributed by atoms with Gasteiger partial charge in [0.05, 0.1) is 29.6 Å². The summed E-state index contributed by atoms with van der Waals surface area (Å²) in [6.07, 6.45) is 0. The first-order valence-corrected chi connectivity index (χ1v) is 8.64. The number of nitrogens with zero attached hydrogens (tertiary/aromatic N) is 4. The SMILES string of the molecule is Cc1nn(CC(=O)N2C[C@@H](C)[C@H](N3CCOCC3)C2)c(C)c1Cl. The Balaban J connectivity index is 1.63. The molecule has 1 aromatic heterocycles. The fourth-order valence-electron chi connectivity index (χ4n) is 3.59. The summed E-state index contributed by atoms with van der Waals surface area (Å²) in [5.41, 5.74) is 1.63. The quantitative estimate of drug-likeness (QED) is 0.833. The van der Waals surface area contributed by atoms with E-state index in [1.54, 1.807) is 4.68 Å². The van der Waals surface area contributed by atoms with Gasteiger partial charge in [-0.2, -0.15) is 5.10 Å². The standard InChI is InChI=1S/C16H25ClN4O2/c1-11-8-20(9-14(11)19-4-6-23-7-5-19)15(22)10-21-13(3)16(17)12(2)18-21/h11,14H,4-10H2,1-3H3/t11-,14-/m1/s1. The maximum Gasteiger partial charge on any atom is 0.244 e. The van der Waals surface area contributed by atoms with Gasteiger partial charge in [0.1, 0.15) is 6.54 Å². The van der Waals surface area contributed by atoms with Crippen LogP contribution in [0.4, 0.5) is 0 Å². The Kier molecular flexibility index (Phi) is 4.94. The highest BCUT2D eigenvalue weighted by Gasteiger charge is 2.36. The van der Waals surface area contributed by atoms with E-state index in [0.717, 1.165) is 50.8 Å². The van der Waals surface area contributed by atoms with Crippen LogP contribution >= 0.6 is 11.6 Å². The molecule has 3 heterocycles. The third-order valence-electron chi connectivity index (χ3n) is 5.02. The van der Waals surface area contributed by atoms with E-state index >= 15 is 0 Å². The Morgan fingerprint density at radius 1 is 1.30 bits per heavy atom. The van der Waals surface area contributed by atoms with Gasteiger partial charge < -0.3 is 9.64 Å². The highest BCUT2D eigenvalue weighted by Crippen LogP contribution is 2.24. The van der Waals surface area contributed by atoms with Crippen molar-refractivity contribution < 1.29 is 9.53 Å². The first-order chi connectivity index (χ1) is 11.0. The summed E-state index contributed by atoms with van der Waals surface area (Å²) < 4.78 is 7.14. The van der Waals surface area contributed by atoms with Gasteiger partial charge in [-0.1, -0.05) is 18.5 Å². The first-order valence-electron chi connectivity index (χ1n) is 8.26. The van der Waals surface area contributed by atoms with Crippen LogP contribution in [-0.2, 0) is 16.1 Å². The predicted molar refractivity (Wildman–Crippen MR) is 88.6 cm³/mol. The Hall–Kier alpha value is -1.11. The monoisotopic (exact) mass is 340 g/mol. The zero-order valence-electron chi connectivity index (χ0n) is 14.1. The van der Waals surface area contributed by atoms with Gasteiger partial charge in [-0.05, 0) is 19.8 Å². The van der Waals surface area contributed by atoms with Crippen molar-refractivity contribution in [3.05, 3.63) is 16.4 Å². The lowest BCUT2D eigenvalue weighted by molar-refractivity contribution is -0.131. The van der Waals surface area contributed by atoms with Gasteiger partial charge >= 0.3 is 0 Å². The average Bonchev–Trinajstić information content (AvgIpc) is 3.05. The molecule has 0 bridgehead atoms. The molecule has 0 N–H and O–H groups in total. The van der Waals surface area contributed by atoms with Crippen molar-refractivity contribution in [2.75, 3.05) is 39.4 Å². The molecule has 1 aromatic rings. The van der Waals surface area contributed by atoms with E-state index in [1.807, 2.05) is 18.7 Å². The molecular formula is C16H25ClN4O2. The molecule has 2 fully saturated rings. The summed E-state index contributed by atoms with van der Waals surface area (Å²) in [5.74, 6) is 0.607. The van der Waals surface area contributed by atoms with Crippen LogP contribution in [0.3, 0.4) is 0 Å². The number of ether oxygens (including phenoxy) is 1. The molecule has 23 heavy (non-hydrogen) atoms. The van der Waals surface area contributed by atoms with E-state index in [-0.39, 0.29) is 12.5 Å². The van der Waals surface area contributed by atoms with Gasteiger partial charge in [0.15, 0.2) is 0 Å². The number of rotatable bonds is 3. The Morgan fingerprint density at radius 3 is 2.61 bits per heavy atom. The van der Waals surface area contributed by atoms with Crippen molar-refractivity contribution >= 4 is 17.5 Å². The molecular weight excluding hydrogens is 316 g/mol. The largest absolute Gasteiger partial charge is 0.379 e. The smallest absolute Gasteiger partial charge is 0.244 e. The zero-order valence-corrected chi connectivity index (χ0v) is 14.8. The van der Waals surface area contributed by atoms with Crippen LogP contribution in [0.5, 0.6) is 0 Å². The van der Waals surface area contributed by atoms with Crippen molar-refractivity contribution in [1.82, 2.24) is 19.6 Å². The van der Waals surface area contributed by atoms with Gasteiger partial charge in [0.2, 0.25) is 5.91 Å². The number of hydrogen-bond acceptors (Lipinski definition) is 4. The van der Waals surface area contributed by atoms with Crippen LogP contribution in [0, 0.1) is 19.8 Å². The summed E-state index contributed by atoms with van der Waals surface area (Å²) in [5, 5.41) is 5.01. The maximum absolute atomic E-state index is 12.6. The van der Waals surface area contributed by atoms with E-state index in [2.05, 4.69) is 16.9 Å². The summed E-state index contributed by atoms with van der Waals surface area (Å²) in [6.45, 7) is 11.4. The van der Waals surface area contributed by atoms with Crippen molar-refractivity contribution in [2.45, 2.75) is 33.4 Å². The third kappa shape index (κ3) is 3.39. The molecule has 128 valence electrons. The molecule has 0 spiro atoms. The van der Waals surface area contributed by atoms with Gasteiger partial charge in [-0.15, -0.1) is 0 Å². The Morgan fingerprint density at radius 2 is 2.00 bits per heavy atom. The molecule has 3 rings (SSSR count). The van der Waals surface area contributed by atoms with Crippen LogP contribution < -0.4 is 0 Å². The molecule has 0 unspecified atom stereocenters. The van der Waals surface area contributed by atoms with Gasteiger partial charge in [0.25, 0.3) is 0 Å². The fourth-order valence-corrected chi connectivity index (χ4v) is 3.73. The van der Waals surface area contributed by atoms with Gasteiger partial charge in [0, 0.05) is 32.2 Å². The molecule has 0 aromatic carbocycles. The number of carbonyl (C=O) groups is 1. The lowest BCUT2D eigenvalue weighted by Crippen LogP contribution is -2.47. The number of morpholine rings is 1. The molecule has 2 aliphatic rings. The van der Waals surface area contributed by atoms with Crippen LogP contribution in [-0.4, -0.2) is 70.9 Å². The molecule has 0 aliphatic carbocycles. The molecule has 6 nitrogen and oxygen atoms in total. The van der Waals surface area contributed by atoms with Gasteiger partial charge in [-0.3, -0.25) is 14.4 Å². The zero-order chi connectivity index (χ0) is 16.6. The average molecular weight is 341 g/mol. The minimum Gasteiger partial charge on any atom is -0.379 e. The van der Waals surface area contributed by atoms with E-state index in [0.29, 0.717) is 17.0 Å². The Labute approximate surface area is 142 Å². The number of carbonyl (C=O) groups excluding carboxylic acids is 1. The minimum atomic E-state index is 0.120. The second-order valence-electron chi connectivity index (χ2n) is 6.63. The van der Waals surface area contributed by atoms with Crippen LogP contribution in [0.1, 0.15) is 18.3 Å². The molecule has 7 heteroatoms. The number of halogens is 1. The first kappa shape index (κ1) is 16.7. The van der Waals surface area contributed by atoms with Gasteiger partial charge in [-0.25, -0.2) is 0 Å². The summed E-state index contributed by atoms with van der Waals surface area (Å²) in [7, 11) is 0. The third-order valence-corrected chi connectivity index (χ3v) is 5.57. The predicted octanol–water partition coefficient (Wildman–Crippen LogP) is 1.33. The van der Waals surface area contributed by atoms with Crippen molar-refractivity contribution in [2.24, 2.45) is 5.92 Å². The van der Waals surface area contributed by atoms with Crippen molar-refractivity contribution in [3.63, 3.8) is 0 Å². The van der Waals surface area contributed by atoms with Crippen LogP contribution in [0.25, 0.3) is 0 Å². The van der Waals surface area contributed by atoms with E-state index in [1.165, 1.54) is 0 Å². The molecule has 1 amide bonds. The molecule has 2 aliphatic heterocycles. The van der Waals surface area contributed by atoms with Crippen molar-refractivity contribution in [3.8, 4) is 0 Å². The van der Waals surface area contributed by atoms with E-state index < -0.39 is 0 Å². The highest BCUT2D eigenvalue weighted by molar-refractivity contribution is 6.31.